The number of hydrogen-bond acceptors (Lipinski definition) is 2. The molecule has 25 heavy (non-hydrogen) atoms. The van der Waals surface area contributed by atoms with Crippen molar-refractivity contribution in [1.29, 1.82) is 0 Å². The Morgan fingerprint density at radius 1 is 0.960 bits per heavy atom. The molecule has 0 saturated carbocycles. The van der Waals surface area contributed by atoms with E-state index in [-0.39, 0.29) is 0 Å². The number of rotatable bonds is 5. The molecule has 2 nitrogen and oxygen atoms in total. The normalized spacial score (nSPS) is 25.8. The Kier molecular flexibility index (Phi) is 4.91. The molecule has 0 radical (unpaired) electrons. The third-order valence-electron chi connectivity index (χ3n) is 6.14. The molecule has 4 rings (SSSR count). The SMILES string of the molecule is CN(C)CCCN1CC[C@H]2c3ccccc3C(c3ccccc3)[C@H]2C1. The van der Waals surface area contributed by atoms with E-state index in [4.69, 9.17) is 0 Å². The highest BCUT2D eigenvalue weighted by atomic mass is 15.1. The first-order valence-corrected chi connectivity index (χ1v) is 9.75. The molecule has 0 aromatic heterocycles. The first kappa shape index (κ1) is 16.8. The van der Waals surface area contributed by atoms with Crippen LogP contribution in [0.1, 0.15) is 41.4 Å². The second kappa shape index (κ2) is 7.31. The zero-order valence-corrected chi connectivity index (χ0v) is 15.6. The van der Waals surface area contributed by atoms with E-state index in [1.165, 1.54) is 44.6 Å². The van der Waals surface area contributed by atoms with Gasteiger partial charge < -0.3 is 9.80 Å². The molecular weight excluding hydrogens is 304 g/mol. The Balaban J connectivity index is 1.57. The molecule has 1 aliphatic heterocycles. The molecule has 132 valence electrons. The van der Waals surface area contributed by atoms with Gasteiger partial charge in [0.25, 0.3) is 0 Å². The minimum absolute atomic E-state index is 0.569. The summed E-state index contributed by atoms with van der Waals surface area (Å²) in [7, 11) is 4.34. The number of benzene rings is 2. The molecule has 0 amide bonds. The van der Waals surface area contributed by atoms with E-state index in [1.807, 2.05) is 0 Å². The fourth-order valence-electron chi connectivity index (χ4n) is 5.04. The summed E-state index contributed by atoms with van der Waals surface area (Å²) in [6.07, 6.45) is 2.58. The minimum atomic E-state index is 0.569. The van der Waals surface area contributed by atoms with E-state index in [1.54, 1.807) is 11.1 Å². The predicted octanol–water partition coefficient (Wildman–Crippen LogP) is 4.19. The summed E-state index contributed by atoms with van der Waals surface area (Å²) < 4.78 is 0. The van der Waals surface area contributed by atoms with Gasteiger partial charge in [-0.15, -0.1) is 0 Å². The standard InChI is InChI=1S/C23H30N2/c1-24(2)14-8-15-25-16-13-20-19-11-6-7-12-21(19)23(22(20)17-25)18-9-4-3-5-10-18/h3-7,9-12,20,22-23H,8,13-17H2,1-2H3/t20-,22-,23?/m0/s1. The highest BCUT2D eigenvalue weighted by Gasteiger charge is 2.43. The molecule has 1 saturated heterocycles. The quantitative estimate of drug-likeness (QED) is 0.809. The Morgan fingerprint density at radius 3 is 2.44 bits per heavy atom. The fraction of sp³-hybridized carbons (Fsp3) is 0.478. The monoisotopic (exact) mass is 334 g/mol. The summed E-state index contributed by atoms with van der Waals surface area (Å²) in [5.74, 6) is 2.04. The molecule has 1 aliphatic carbocycles. The highest BCUT2D eigenvalue weighted by molar-refractivity contribution is 5.46. The van der Waals surface area contributed by atoms with Gasteiger partial charge in [0.2, 0.25) is 0 Å². The summed E-state index contributed by atoms with van der Waals surface area (Å²) in [5, 5.41) is 0. The van der Waals surface area contributed by atoms with Gasteiger partial charge in [-0.25, -0.2) is 0 Å². The predicted molar refractivity (Wildman–Crippen MR) is 105 cm³/mol. The Hall–Kier alpha value is -1.64. The van der Waals surface area contributed by atoms with Crippen molar-refractivity contribution in [2.75, 3.05) is 40.3 Å². The molecule has 2 aromatic rings. The van der Waals surface area contributed by atoms with Crippen LogP contribution in [0.5, 0.6) is 0 Å². The van der Waals surface area contributed by atoms with Gasteiger partial charge in [-0.1, -0.05) is 54.6 Å². The van der Waals surface area contributed by atoms with Crippen molar-refractivity contribution in [2.24, 2.45) is 5.92 Å². The first-order chi connectivity index (χ1) is 12.2. The number of likely N-dealkylation sites (tertiary alicyclic amines) is 1. The summed E-state index contributed by atoms with van der Waals surface area (Å²) in [5.41, 5.74) is 4.70. The first-order valence-electron chi connectivity index (χ1n) is 9.75. The fourth-order valence-corrected chi connectivity index (χ4v) is 5.04. The summed E-state index contributed by atoms with van der Waals surface area (Å²) >= 11 is 0. The van der Waals surface area contributed by atoms with Gasteiger partial charge in [0.1, 0.15) is 0 Å². The van der Waals surface area contributed by atoms with Gasteiger partial charge >= 0.3 is 0 Å². The van der Waals surface area contributed by atoms with Gasteiger partial charge in [0.05, 0.1) is 0 Å². The molecule has 1 heterocycles. The van der Waals surface area contributed by atoms with Crippen molar-refractivity contribution in [3.05, 3.63) is 71.3 Å². The van der Waals surface area contributed by atoms with Crippen molar-refractivity contribution in [2.45, 2.75) is 24.7 Å². The second-order valence-electron chi connectivity index (χ2n) is 8.03. The topological polar surface area (TPSA) is 6.48 Å². The number of piperidine rings is 1. The molecule has 0 bridgehead atoms. The van der Waals surface area contributed by atoms with Crippen LogP contribution < -0.4 is 0 Å². The Morgan fingerprint density at radius 2 is 1.68 bits per heavy atom. The highest BCUT2D eigenvalue weighted by Crippen LogP contribution is 2.52. The third-order valence-corrected chi connectivity index (χ3v) is 6.14. The Labute approximate surface area is 152 Å². The lowest BCUT2D eigenvalue weighted by atomic mass is 9.79. The van der Waals surface area contributed by atoms with E-state index < -0.39 is 0 Å². The van der Waals surface area contributed by atoms with Crippen LogP contribution in [-0.2, 0) is 0 Å². The van der Waals surface area contributed by atoms with Gasteiger partial charge in [-0.2, -0.15) is 0 Å². The molecule has 2 heteroatoms. The van der Waals surface area contributed by atoms with Crippen LogP contribution in [0.4, 0.5) is 0 Å². The lowest BCUT2D eigenvalue weighted by Gasteiger charge is -2.38. The lowest BCUT2D eigenvalue weighted by Crippen LogP contribution is -2.40. The maximum absolute atomic E-state index is 2.71. The minimum Gasteiger partial charge on any atom is -0.309 e. The van der Waals surface area contributed by atoms with Crippen LogP contribution in [0, 0.1) is 5.92 Å². The second-order valence-corrected chi connectivity index (χ2v) is 8.03. The van der Waals surface area contributed by atoms with Gasteiger partial charge in [-0.05, 0) is 75.1 Å². The van der Waals surface area contributed by atoms with Gasteiger partial charge in [-0.3, -0.25) is 0 Å². The van der Waals surface area contributed by atoms with Crippen molar-refractivity contribution < 1.29 is 0 Å². The molecule has 1 fully saturated rings. The number of hydrogen-bond donors (Lipinski definition) is 0. The summed E-state index contributed by atoms with van der Waals surface area (Å²) in [6.45, 7) is 4.92. The van der Waals surface area contributed by atoms with E-state index in [9.17, 15) is 0 Å². The maximum atomic E-state index is 2.71. The van der Waals surface area contributed by atoms with E-state index in [0.29, 0.717) is 5.92 Å². The molecule has 2 aromatic carbocycles. The summed E-state index contributed by atoms with van der Waals surface area (Å²) in [6, 6.07) is 20.4. The average molecular weight is 335 g/mol. The molecule has 2 aliphatic rings. The van der Waals surface area contributed by atoms with E-state index in [2.05, 4.69) is 78.5 Å². The van der Waals surface area contributed by atoms with Crippen LogP contribution in [-0.4, -0.2) is 50.1 Å². The number of fused-ring (bicyclic) bond motifs is 3. The smallest absolute Gasteiger partial charge is 0.0138 e. The molecule has 0 spiro atoms. The molecular formula is C23H30N2. The van der Waals surface area contributed by atoms with Crippen LogP contribution in [0.3, 0.4) is 0 Å². The largest absolute Gasteiger partial charge is 0.309 e. The zero-order chi connectivity index (χ0) is 17.2. The van der Waals surface area contributed by atoms with Crippen molar-refractivity contribution >= 4 is 0 Å². The maximum Gasteiger partial charge on any atom is 0.0138 e. The lowest BCUT2D eigenvalue weighted by molar-refractivity contribution is 0.149. The average Bonchev–Trinajstić information content (AvgIpc) is 2.96. The molecule has 0 N–H and O–H groups in total. The van der Waals surface area contributed by atoms with Crippen molar-refractivity contribution in [3.63, 3.8) is 0 Å². The Bertz CT molecular complexity index is 694. The third kappa shape index (κ3) is 3.38. The zero-order valence-electron chi connectivity index (χ0n) is 15.6. The number of nitrogens with zero attached hydrogens (tertiary/aromatic N) is 2. The molecule has 1 unspecified atom stereocenters. The summed E-state index contributed by atoms with van der Waals surface area (Å²) in [4.78, 5) is 5.01. The van der Waals surface area contributed by atoms with Gasteiger partial charge in [0, 0.05) is 12.5 Å². The van der Waals surface area contributed by atoms with Crippen molar-refractivity contribution in [3.8, 4) is 0 Å². The van der Waals surface area contributed by atoms with Crippen LogP contribution in [0.2, 0.25) is 0 Å². The van der Waals surface area contributed by atoms with E-state index in [0.717, 1.165) is 11.8 Å². The van der Waals surface area contributed by atoms with Gasteiger partial charge in [0.15, 0.2) is 0 Å². The van der Waals surface area contributed by atoms with Crippen LogP contribution >= 0.6 is 0 Å². The van der Waals surface area contributed by atoms with Crippen LogP contribution in [0.25, 0.3) is 0 Å². The molecule has 3 atom stereocenters. The van der Waals surface area contributed by atoms with E-state index >= 15 is 0 Å². The van der Waals surface area contributed by atoms with Crippen molar-refractivity contribution in [1.82, 2.24) is 9.80 Å². The van der Waals surface area contributed by atoms with Crippen LogP contribution in [0.15, 0.2) is 54.6 Å².